The van der Waals surface area contributed by atoms with Crippen LogP contribution >= 0.6 is 0 Å². The second-order valence-electron chi connectivity index (χ2n) is 7.22. The summed E-state index contributed by atoms with van der Waals surface area (Å²) in [4.78, 5) is 23.7. The van der Waals surface area contributed by atoms with E-state index in [0.717, 1.165) is 4.31 Å². The van der Waals surface area contributed by atoms with Crippen LogP contribution in [-0.2, 0) is 14.8 Å². The summed E-state index contributed by atoms with van der Waals surface area (Å²) < 4.78 is 28.0. The van der Waals surface area contributed by atoms with Gasteiger partial charge in [-0.1, -0.05) is 54.6 Å². The fraction of sp³-hybridized carbons (Fsp3) is 0.0870. The number of rotatable bonds is 4. The van der Waals surface area contributed by atoms with E-state index in [1.807, 2.05) is 0 Å². The number of para-hydroxylation sites is 1. The molecule has 0 radical (unpaired) electrons. The SMILES string of the molecule is Cc1c(NC(=O)C2=C(c3ccccc3)c3ccccc3N(C)S2(=O)=O)cccc1[N+](=O)[O-]. The normalized spacial score (nSPS) is 14.6. The van der Waals surface area contributed by atoms with E-state index in [-0.39, 0.29) is 22.5 Å². The third-order valence-corrected chi connectivity index (χ3v) is 7.20. The number of hydrogen-bond acceptors (Lipinski definition) is 5. The number of nitrogens with one attached hydrogen (secondary N) is 1. The average molecular weight is 449 g/mol. The van der Waals surface area contributed by atoms with Crippen LogP contribution in [-0.4, -0.2) is 26.3 Å². The fourth-order valence-corrected chi connectivity index (χ4v) is 5.20. The van der Waals surface area contributed by atoms with E-state index in [4.69, 9.17) is 0 Å². The highest BCUT2D eigenvalue weighted by atomic mass is 32.2. The second-order valence-corrected chi connectivity index (χ2v) is 9.13. The molecule has 162 valence electrons. The molecule has 1 heterocycles. The standard InChI is InChI=1S/C23H19N3O5S/c1-15-18(12-8-14-19(15)26(28)29)24-23(27)22-21(16-9-4-3-5-10-16)17-11-6-7-13-20(17)25(2)32(22,30)31/h3-14H,1-2H3,(H,24,27). The summed E-state index contributed by atoms with van der Waals surface area (Å²) in [5.74, 6) is -0.867. The first-order chi connectivity index (χ1) is 15.2. The second kappa shape index (κ2) is 7.93. The maximum Gasteiger partial charge on any atom is 0.274 e. The van der Waals surface area contributed by atoms with Crippen molar-refractivity contribution in [2.24, 2.45) is 0 Å². The van der Waals surface area contributed by atoms with Crippen LogP contribution < -0.4 is 9.62 Å². The molecule has 4 rings (SSSR count). The number of nitro groups is 1. The van der Waals surface area contributed by atoms with E-state index >= 15 is 0 Å². The summed E-state index contributed by atoms with van der Waals surface area (Å²) in [5.41, 5.74) is 2.12. The van der Waals surface area contributed by atoms with E-state index in [2.05, 4.69) is 5.32 Å². The van der Waals surface area contributed by atoms with Gasteiger partial charge in [0.1, 0.15) is 0 Å². The van der Waals surface area contributed by atoms with Gasteiger partial charge >= 0.3 is 0 Å². The Hall–Kier alpha value is -3.98. The predicted molar refractivity (Wildman–Crippen MR) is 123 cm³/mol. The van der Waals surface area contributed by atoms with Gasteiger partial charge in [0, 0.05) is 24.3 Å². The van der Waals surface area contributed by atoms with Gasteiger partial charge in [0.25, 0.3) is 21.6 Å². The van der Waals surface area contributed by atoms with Gasteiger partial charge in [-0.2, -0.15) is 0 Å². The molecule has 1 amide bonds. The van der Waals surface area contributed by atoms with E-state index < -0.39 is 25.8 Å². The molecule has 9 heteroatoms. The summed E-state index contributed by atoms with van der Waals surface area (Å²) in [5, 5.41) is 13.8. The number of carbonyl (C=O) groups is 1. The van der Waals surface area contributed by atoms with Crippen molar-refractivity contribution in [1.82, 2.24) is 0 Å². The van der Waals surface area contributed by atoms with E-state index in [1.165, 1.54) is 32.2 Å². The van der Waals surface area contributed by atoms with E-state index in [1.54, 1.807) is 54.6 Å². The number of nitrogens with zero attached hydrogens (tertiary/aromatic N) is 2. The molecule has 3 aromatic carbocycles. The van der Waals surface area contributed by atoms with Gasteiger partial charge in [-0.15, -0.1) is 0 Å². The highest BCUT2D eigenvalue weighted by molar-refractivity contribution is 7.97. The van der Waals surface area contributed by atoms with Crippen molar-refractivity contribution in [3.63, 3.8) is 0 Å². The van der Waals surface area contributed by atoms with Crippen molar-refractivity contribution in [1.29, 1.82) is 0 Å². The molecule has 0 saturated carbocycles. The van der Waals surface area contributed by atoms with Gasteiger partial charge in [-0.05, 0) is 24.6 Å². The van der Waals surface area contributed by atoms with Gasteiger partial charge in [-0.25, -0.2) is 8.42 Å². The van der Waals surface area contributed by atoms with Crippen LogP contribution in [0, 0.1) is 17.0 Å². The Morgan fingerprint density at radius 2 is 1.62 bits per heavy atom. The Bertz CT molecular complexity index is 1380. The Balaban J connectivity index is 1.95. The number of sulfonamides is 1. The zero-order chi connectivity index (χ0) is 23.0. The number of fused-ring (bicyclic) bond motifs is 1. The average Bonchev–Trinajstić information content (AvgIpc) is 2.77. The lowest BCUT2D eigenvalue weighted by atomic mass is 9.95. The first kappa shape index (κ1) is 21.3. The number of benzene rings is 3. The molecule has 0 aromatic heterocycles. The van der Waals surface area contributed by atoms with Gasteiger partial charge in [-0.3, -0.25) is 19.2 Å². The summed E-state index contributed by atoms with van der Waals surface area (Å²) in [7, 11) is -2.81. The van der Waals surface area contributed by atoms with Crippen LogP contribution in [0.5, 0.6) is 0 Å². The third kappa shape index (κ3) is 3.42. The van der Waals surface area contributed by atoms with Crippen molar-refractivity contribution in [2.45, 2.75) is 6.92 Å². The lowest BCUT2D eigenvalue weighted by Gasteiger charge is -2.30. The summed E-state index contributed by atoms with van der Waals surface area (Å²) in [6.45, 7) is 1.50. The smallest absolute Gasteiger partial charge is 0.274 e. The molecule has 1 aliphatic heterocycles. The van der Waals surface area contributed by atoms with Crippen molar-refractivity contribution in [2.75, 3.05) is 16.7 Å². The molecule has 1 N–H and O–H groups in total. The number of nitro benzene ring substituents is 1. The van der Waals surface area contributed by atoms with Crippen LogP contribution in [0.1, 0.15) is 16.7 Å². The van der Waals surface area contributed by atoms with Crippen LogP contribution in [0.25, 0.3) is 5.57 Å². The van der Waals surface area contributed by atoms with Crippen molar-refractivity contribution >= 4 is 38.6 Å². The van der Waals surface area contributed by atoms with Crippen molar-refractivity contribution < 1.29 is 18.1 Å². The maximum absolute atomic E-state index is 13.5. The summed E-state index contributed by atoms with van der Waals surface area (Å²) in [6.07, 6.45) is 0. The minimum Gasteiger partial charge on any atom is -0.321 e. The first-order valence-corrected chi connectivity index (χ1v) is 11.1. The highest BCUT2D eigenvalue weighted by Crippen LogP contribution is 2.42. The van der Waals surface area contributed by atoms with Crippen LogP contribution in [0.3, 0.4) is 0 Å². The fourth-order valence-electron chi connectivity index (χ4n) is 3.74. The molecule has 0 spiro atoms. The van der Waals surface area contributed by atoms with Crippen LogP contribution in [0.2, 0.25) is 0 Å². The maximum atomic E-state index is 13.5. The molecule has 0 atom stereocenters. The third-order valence-electron chi connectivity index (χ3n) is 5.38. The number of hydrogen-bond donors (Lipinski definition) is 1. The molecule has 0 aliphatic carbocycles. The molecule has 0 bridgehead atoms. The minimum atomic E-state index is -4.20. The zero-order valence-corrected chi connectivity index (χ0v) is 18.1. The molecular formula is C23H19N3O5S. The Morgan fingerprint density at radius 1 is 0.969 bits per heavy atom. The lowest BCUT2D eigenvalue weighted by Crippen LogP contribution is -2.37. The molecule has 32 heavy (non-hydrogen) atoms. The molecule has 1 aliphatic rings. The topological polar surface area (TPSA) is 110 Å². The molecule has 0 unspecified atom stereocenters. The Kier molecular flexibility index (Phi) is 5.27. The van der Waals surface area contributed by atoms with Gasteiger partial charge < -0.3 is 5.32 Å². The molecule has 8 nitrogen and oxygen atoms in total. The van der Waals surface area contributed by atoms with Gasteiger partial charge in [0.15, 0.2) is 4.91 Å². The molecular weight excluding hydrogens is 430 g/mol. The minimum absolute atomic E-state index is 0.167. The monoisotopic (exact) mass is 449 g/mol. The zero-order valence-electron chi connectivity index (χ0n) is 17.3. The Labute approximate surface area is 185 Å². The summed E-state index contributed by atoms with van der Waals surface area (Å²) >= 11 is 0. The predicted octanol–water partition coefficient (Wildman–Crippen LogP) is 4.08. The number of amides is 1. The largest absolute Gasteiger partial charge is 0.321 e. The van der Waals surface area contributed by atoms with Gasteiger partial charge in [0.2, 0.25) is 0 Å². The van der Waals surface area contributed by atoms with Crippen LogP contribution in [0.4, 0.5) is 17.1 Å². The quantitative estimate of drug-likeness (QED) is 0.477. The molecule has 3 aromatic rings. The Morgan fingerprint density at radius 3 is 2.31 bits per heavy atom. The molecule has 0 fully saturated rings. The van der Waals surface area contributed by atoms with Crippen molar-refractivity contribution in [3.05, 3.63) is 105 Å². The van der Waals surface area contributed by atoms with Crippen molar-refractivity contribution in [3.8, 4) is 0 Å². The van der Waals surface area contributed by atoms with E-state index in [9.17, 15) is 23.3 Å². The number of carbonyl (C=O) groups excluding carboxylic acids is 1. The molecule has 0 saturated heterocycles. The summed E-state index contributed by atoms with van der Waals surface area (Å²) in [6, 6.07) is 20.0. The lowest BCUT2D eigenvalue weighted by molar-refractivity contribution is -0.385. The van der Waals surface area contributed by atoms with E-state index in [0.29, 0.717) is 16.8 Å². The first-order valence-electron chi connectivity index (χ1n) is 9.67. The van der Waals surface area contributed by atoms with Gasteiger partial charge in [0.05, 0.1) is 21.9 Å². The number of anilines is 2. The van der Waals surface area contributed by atoms with Crippen LogP contribution in [0.15, 0.2) is 77.7 Å². The highest BCUT2D eigenvalue weighted by Gasteiger charge is 2.39.